The van der Waals surface area contributed by atoms with Gasteiger partial charge in [0.05, 0.1) is 10.3 Å². The predicted molar refractivity (Wildman–Crippen MR) is 88.2 cm³/mol. The highest BCUT2D eigenvalue weighted by atomic mass is 35.5. The summed E-state index contributed by atoms with van der Waals surface area (Å²) in [5.74, 6) is 2.79. The van der Waals surface area contributed by atoms with Gasteiger partial charge in [0.1, 0.15) is 5.76 Å². The Bertz CT molecular complexity index is 734. The third kappa shape index (κ3) is 3.73. The lowest BCUT2D eigenvalue weighted by Crippen LogP contribution is -2.22. The number of carbonyl (C=O) groups excluding carboxylic acids is 1. The summed E-state index contributed by atoms with van der Waals surface area (Å²) in [5, 5.41) is 6.73. The lowest BCUT2D eigenvalue weighted by molar-refractivity contribution is -0.115. The minimum absolute atomic E-state index is 0.129. The molecular formula is C15H15ClN2O4S. The molecule has 1 aliphatic heterocycles. The molecule has 122 valence electrons. The summed E-state index contributed by atoms with van der Waals surface area (Å²) in [5.41, 5.74) is 0.973. The molecule has 8 heteroatoms. The van der Waals surface area contributed by atoms with Gasteiger partial charge in [-0.2, -0.15) is 0 Å². The monoisotopic (exact) mass is 354 g/mol. The van der Waals surface area contributed by atoms with Crippen LogP contribution in [0.15, 0.2) is 22.7 Å². The van der Waals surface area contributed by atoms with E-state index in [0.29, 0.717) is 33.9 Å². The van der Waals surface area contributed by atoms with Crippen LogP contribution in [0.25, 0.3) is 0 Å². The van der Waals surface area contributed by atoms with Crippen molar-refractivity contribution in [2.75, 3.05) is 12.1 Å². The Morgan fingerprint density at radius 1 is 1.43 bits per heavy atom. The first-order valence-electron chi connectivity index (χ1n) is 6.97. The number of carbonyl (C=O) groups is 1. The van der Waals surface area contributed by atoms with E-state index in [2.05, 4.69) is 10.5 Å². The van der Waals surface area contributed by atoms with Crippen LogP contribution in [0.3, 0.4) is 0 Å². The standard InChI is InChI=1S/C15H15ClN2O4S/c1-8-3-13(18-22-8)17-15(19)9(2)23-6-10-4-11(16)14-12(5-10)20-7-21-14/h3-5,9H,6-7H2,1-2H3,(H,17,18,19). The molecule has 0 spiro atoms. The minimum atomic E-state index is -0.254. The van der Waals surface area contributed by atoms with Crippen LogP contribution in [0.4, 0.5) is 5.82 Å². The molecule has 0 saturated carbocycles. The van der Waals surface area contributed by atoms with E-state index >= 15 is 0 Å². The number of aryl methyl sites for hydroxylation is 1. The van der Waals surface area contributed by atoms with E-state index in [1.54, 1.807) is 13.0 Å². The van der Waals surface area contributed by atoms with E-state index in [9.17, 15) is 4.79 Å². The van der Waals surface area contributed by atoms with Crippen molar-refractivity contribution in [3.05, 3.63) is 34.5 Å². The topological polar surface area (TPSA) is 73.6 Å². The van der Waals surface area contributed by atoms with Crippen molar-refractivity contribution < 1.29 is 18.8 Å². The molecule has 0 fully saturated rings. The predicted octanol–water partition coefficient (Wildman–Crippen LogP) is 3.63. The van der Waals surface area contributed by atoms with E-state index in [1.165, 1.54) is 11.8 Å². The van der Waals surface area contributed by atoms with Gasteiger partial charge in [0, 0.05) is 11.8 Å². The van der Waals surface area contributed by atoms with Crippen molar-refractivity contribution in [3.8, 4) is 11.5 Å². The van der Waals surface area contributed by atoms with Gasteiger partial charge < -0.3 is 19.3 Å². The van der Waals surface area contributed by atoms with Gasteiger partial charge in [-0.15, -0.1) is 11.8 Å². The smallest absolute Gasteiger partial charge is 0.238 e. The van der Waals surface area contributed by atoms with Crippen LogP contribution in [0.2, 0.25) is 5.02 Å². The number of thioether (sulfide) groups is 1. The Labute approximate surface area is 142 Å². The largest absolute Gasteiger partial charge is 0.454 e. The summed E-state index contributed by atoms with van der Waals surface area (Å²) in [6.45, 7) is 3.79. The number of rotatable bonds is 5. The summed E-state index contributed by atoms with van der Waals surface area (Å²) >= 11 is 7.64. The van der Waals surface area contributed by atoms with Gasteiger partial charge >= 0.3 is 0 Å². The first kappa shape index (κ1) is 16.0. The number of amides is 1. The summed E-state index contributed by atoms with van der Waals surface area (Å²) < 4.78 is 15.5. The first-order chi connectivity index (χ1) is 11.0. The minimum Gasteiger partial charge on any atom is -0.454 e. The quantitative estimate of drug-likeness (QED) is 0.883. The summed E-state index contributed by atoms with van der Waals surface area (Å²) in [6, 6.07) is 5.38. The zero-order valence-corrected chi connectivity index (χ0v) is 14.2. The summed E-state index contributed by atoms with van der Waals surface area (Å²) in [7, 11) is 0. The van der Waals surface area contributed by atoms with Gasteiger partial charge in [0.2, 0.25) is 12.7 Å². The fourth-order valence-corrected chi connectivity index (χ4v) is 3.16. The molecule has 3 rings (SSSR count). The van der Waals surface area contributed by atoms with Crippen LogP contribution in [0, 0.1) is 6.92 Å². The molecule has 0 bridgehead atoms. The average Bonchev–Trinajstić information content (AvgIpc) is 3.14. The van der Waals surface area contributed by atoms with Crippen molar-refractivity contribution in [1.82, 2.24) is 5.16 Å². The molecule has 2 aromatic rings. The van der Waals surface area contributed by atoms with Gasteiger partial charge in [-0.05, 0) is 31.5 Å². The van der Waals surface area contributed by atoms with Gasteiger partial charge in [-0.3, -0.25) is 4.79 Å². The number of benzene rings is 1. The number of hydrogen-bond donors (Lipinski definition) is 1. The number of aromatic nitrogens is 1. The highest BCUT2D eigenvalue weighted by Crippen LogP contribution is 2.40. The number of nitrogens with one attached hydrogen (secondary N) is 1. The number of nitrogens with zero attached hydrogens (tertiary/aromatic N) is 1. The maximum Gasteiger partial charge on any atom is 0.238 e. The van der Waals surface area contributed by atoms with Crippen molar-refractivity contribution in [3.63, 3.8) is 0 Å². The zero-order chi connectivity index (χ0) is 16.4. The number of anilines is 1. The van der Waals surface area contributed by atoms with Gasteiger partial charge in [-0.1, -0.05) is 16.8 Å². The lowest BCUT2D eigenvalue weighted by Gasteiger charge is -2.11. The van der Waals surface area contributed by atoms with Crippen molar-refractivity contribution in [2.24, 2.45) is 0 Å². The van der Waals surface area contributed by atoms with Crippen LogP contribution in [0.5, 0.6) is 11.5 Å². The van der Waals surface area contributed by atoms with Crippen LogP contribution < -0.4 is 14.8 Å². The van der Waals surface area contributed by atoms with Crippen molar-refractivity contribution >= 4 is 35.1 Å². The highest BCUT2D eigenvalue weighted by Gasteiger charge is 2.20. The molecule has 23 heavy (non-hydrogen) atoms. The Morgan fingerprint density at radius 2 is 2.26 bits per heavy atom. The highest BCUT2D eigenvalue weighted by molar-refractivity contribution is 7.99. The second kappa shape index (κ2) is 6.72. The van der Waals surface area contributed by atoms with E-state index in [4.69, 9.17) is 25.6 Å². The van der Waals surface area contributed by atoms with E-state index < -0.39 is 0 Å². The second-order valence-corrected chi connectivity index (χ2v) is 6.81. The van der Waals surface area contributed by atoms with E-state index in [1.807, 2.05) is 19.1 Å². The molecule has 1 aliphatic rings. The molecule has 0 radical (unpaired) electrons. The Hall–Kier alpha value is -1.86. The van der Waals surface area contributed by atoms with Crippen LogP contribution >= 0.6 is 23.4 Å². The number of ether oxygens (including phenoxy) is 2. The molecule has 1 N–H and O–H groups in total. The van der Waals surface area contributed by atoms with Crippen LogP contribution in [0.1, 0.15) is 18.2 Å². The Morgan fingerprint density at radius 3 is 3.00 bits per heavy atom. The number of halogens is 1. The van der Waals surface area contributed by atoms with Gasteiger partial charge in [0.25, 0.3) is 0 Å². The van der Waals surface area contributed by atoms with Crippen molar-refractivity contribution in [1.29, 1.82) is 0 Å². The van der Waals surface area contributed by atoms with Gasteiger partial charge in [0.15, 0.2) is 17.3 Å². The maximum atomic E-state index is 12.1. The van der Waals surface area contributed by atoms with E-state index in [-0.39, 0.29) is 18.0 Å². The summed E-state index contributed by atoms with van der Waals surface area (Å²) in [4.78, 5) is 12.1. The van der Waals surface area contributed by atoms with Crippen LogP contribution in [-0.4, -0.2) is 23.1 Å². The Balaban J connectivity index is 1.57. The SMILES string of the molecule is Cc1cc(NC(=O)C(C)SCc2cc(Cl)c3c(c2)OCO3)no1. The number of hydrogen-bond acceptors (Lipinski definition) is 6. The van der Waals surface area contributed by atoms with E-state index in [0.717, 1.165) is 5.56 Å². The fraction of sp³-hybridized carbons (Fsp3) is 0.333. The molecular weight excluding hydrogens is 340 g/mol. The molecule has 2 heterocycles. The maximum absolute atomic E-state index is 12.1. The summed E-state index contributed by atoms with van der Waals surface area (Å²) in [6.07, 6.45) is 0. The third-order valence-electron chi connectivity index (χ3n) is 3.24. The first-order valence-corrected chi connectivity index (χ1v) is 8.39. The third-order valence-corrected chi connectivity index (χ3v) is 4.73. The molecule has 0 aliphatic carbocycles. The molecule has 6 nitrogen and oxygen atoms in total. The van der Waals surface area contributed by atoms with Gasteiger partial charge in [-0.25, -0.2) is 0 Å². The average molecular weight is 355 g/mol. The zero-order valence-electron chi connectivity index (χ0n) is 12.6. The lowest BCUT2D eigenvalue weighted by atomic mass is 10.2. The van der Waals surface area contributed by atoms with Crippen LogP contribution in [-0.2, 0) is 10.5 Å². The Kier molecular flexibility index (Phi) is 4.68. The molecule has 1 unspecified atom stereocenters. The molecule has 1 atom stereocenters. The molecule has 0 saturated heterocycles. The molecule has 1 amide bonds. The fourth-order valence-electron chi connectivity index (χ4n) is 2.05. The van der Waals surface area contributed by atoms with Crippen molar-refractivity contribution in [2.45, 2.75) is 24.9 Å². The molecule has 1 aromatic carbocycles. The normalized spacial score (nSPS) is 13.9. The second-order valence-electron chi connectivity index (χ2n) is 5.08. The molecule has 1 aromatic heterocycles. The number of fused-ring (bicyclic) bond motifs is 1.